The van der Waals surface area contributed by atoms with E-state index in [9.17, 15) is 9.50 Å². The Balaban J connectivity index is 2.36. The Morgan fingerprint density at radius 3 is 2.62 bits per heavy atom. The van der Waals surface area contributed by atoms with Crippen molar-refractivity contribution >= 4 is 15.9 Å². The van der Waals surface area contributed by atoms with Crippen molar-refractivity contribution in [3.05, 3.63) is 33.8 Å². The zero-order valence-electron chi connectivity index (χ0n) is 7.06. The van der Waals surface area contributed by atoms with E-state index in [0.717, 1.165) is 22.9 Å². The molecule has 1 nitrogen and oxygen atoms in total. The number of aliphatic hydroxyl groups is 1. The van der Waals surface area contributed by atoms with Crippen molar-refractivity contribution in [2.45, 2.75) is 25.1 Å². The summed E-state index contributed by atoms with van der Waals surface area (Å²) in [4.78, 5) is 0. The van der Waals surface area contributed by atoms with E-state index >= 15 is 0 Å². The molecule has 0 atom stereocenters. The summed E-state index contributed by atoms with van der Waals surface area (Å²) >= 11 is 3.28. The fraction of sp³-hybridized carbons (Fsp3) is 0.400. The monoisotopic (exact) mass is 244 g/mol. The van der Waals surface area contributed by atoms with Gasteiger partial charge in [0, 0.05) is 4.47 Å². The topological polar surface area (TPSA) is 20.2 Å². The third kappa shape index (κ3) is 1.63. The first-order valence-corrected chi connectivity index (χ1v) is 5.02. The maximum absolute atomic E-state index is 12.3. The van der Waals surface area contributed by atoms with Crippen molar-refractivity contribution in [2.75, 3.05) is 0 Å². The van der Waals surface area contributed by atoms with Crippen LogP contribution in [0.25, 0.3) is 0 Å². The number of alkyl halides is 1. The van der Waals surface area contributed by atoms with E-state index in [-0.39, 0.29) is 0 Å². The highest BCUT2D eigenvalue weighted by Crippen LogP contribution is 2.46. The molecule has 0 radical (unpaired) electrons. The molecule has 0 saturated heterocycles. The molecule has 0 aliphatic heterocycles. The van der Waals surface area contributed by atoms with E-state index in [1.165, 1.54) is 0 Å². The fourth-order valence-electron chi connectivity index (χ4n) is 1.35. The van der Waals surface area contributed by atoms with Gasteiger partial charge < -0.3 is 5.11 Å². The minimum absolute atomic E-state index is 0.473. The third-order valence-corrected chi connectivity index (χ3v) is 3.20. The van der Waals surface area contributed by atoms with Crippen LogP contribution in [0.3, 0.4) is 0 Å². The Kier molecular flexibility index (Phi) is 2.16. The van der Waals surface area contributed by atoms with Crippen LogP contribution < -0.4 is 0 Å². The van der Waals surface area contributed by atoms with Crippen molar-refractivity contribution in [2.24, 2.45) is 0 Å². The molecular weight excluding hydrogens is 235 g/mol. The van der Waals surface area contributed by atoms with Gasteiger partial charge in [-0.3, -0.25) is 0 Å². The third-order valence-electron chi connectivity index (χ3n) is 2.46. The molecule has 0 aromatic heterocycles. The Morgan fingerprint density at radius 2 is 2.15 bits per heavy atom. The van der Waals surface area contributed by atoms with Crippen LogP contribution in [0.5, 0.6) is 0 Å². The number of hydrogen-bond acceptors (Lipinski definition) is 1. The molecule has 1 N–H and O–H groups in total. The lowest BCUT2D eigenvalue weighted by Crippen LogP contribution is -2.04. The average Bonchev–Trinajstić information content (AvgIpc) is 2.85. The van der Waals surface area contributed by atoms with Crippen molar-refractivity contribution < 1.29 is 9.50 Å². The number of halogens is 2. The van der Waals surface area contributed by atoms with Gasteiger partial charge in [-0.25, -0.2) is 4.39 Å². The predicted octanol–water partition coefficient (Wildman–Crippen LogP) is 2.90. The Bertz CT molecular complexity index is 334. The molecule has 1 aliphatic carbocycles. The molecule has 3 heteroatoms. The molecule has 13 heavy (non-hydrogen) atoms. The van der Waals surface area contributed by atoms with Crippen molar-refractivity contribution in [1.82, 2.24) is 0 Å². The minimum atomic E-state index is -0.628. The molecule has 1 aliphatic rings. The van der Waals surface area contributed by atoms with Gasteiger partial charge in [0.05, 0.1) is 5.60 Å². The van der Waals surface area contributed by atoms with Crippen molar-refractivity contribution in [3.8, 4) is 0 Å². The van der Waals surface area contributed by atoms with Gasteiger partial charge in [-0.2, -0.15) is 0 Å². The zero-order valence-corrected chi connectivity index (χ0v) is 8.64. The molecular formula is C10H10BrFO. The van der Waals surface area contributed by atoms with Crippen LogP contribution in [-0.4, -0.2) is 5.11 Å². The molecule has 1 saturated carbocycles. The summed E-state index contributed by atoms with van der Waals surface area (Å²) in [5.41, 5.74) is 0.891. The second-order valence-corrected chi connectivity index (χ2v) is 4.33. The maximum atomic E-state index is 12.3. The summed E-state index contributed by atoms with van der Waals surface area (Å²) in [5.74, 6) is 0. The van der Waals surface area contributed by atoms with Gasteiger partial charge in [0.25, 0.3) is 0 Å². The zero-order chi connectivity index (χ0) is 9.47. The van der Waals surface area contributed by atoms with Crippen LogP contribution in [0.1, 0.15) is 24.0 Å². The first-order valence-electron chi connectivity index (χ1n) is 4.23. The summed E-state index contributed by atoms with van der Waals surface area (Å²) in [5, 5.41) is 9.77. The van der Waals surface area contributed by atoms with E-state index in [1.807, 2.05) is 6.07 Å². The average molecular weight is 245 g/mol. The van der Waals surface area contributed by atoms with Crippen molar-refractivity contribution in [1.29, 1.82) is 0 Å². The van der Waals surface area contributed by atoms with E-state index in [0.29, 0.717) is 5.56 Å². The second-order valence-electron chi connectivity index (χ2n) is 3.47. The fourth-order valence-corrected chi connectivity index (χ4v) is 1.84. The van der Waals surface area contributed by atoms with Gasteiger partial charge in [0.2, 0.25) is 0 Å². The van der Waals surface area contributed by atoms with Crippen LogP contribution >= 0.6 is 15.9 Å². The highest BCUT2D eigenvalue weighted by Gasteiger charge is 2.42. The lowest BCUT2D eigenvalue weighted by molar-refractivity contribution is 0.151. The van der Waals surface area contributed by atoms with E-state index < -0.39 is 12.3 Å². The van der Waals surface area contributed by atoms with E-state index in [4.69, 9.17) is 0 Å². The molecule has 0 spiro atoms. The Hall–Kier alpha value is -0.410. The molecule has 0 amide bonds. The number of rotatable bonds is 2. The van der Waals surface area contributed by atoms with Gasteiger partial charge in [0.15, 0.2) is 0 Å². The summed E-state index contributed by atoms with van der Waals surface area (Å²) in [6, 6.07) is 5.32. The molecule has 1 fully saturated rings. The molecule has 0 unspecified atom stereocenters. The number of hydrogen-bond donors (Lipinski definition) is 1. The number of benzene rings is 1. The largest absolute Gasteiger partial charge is 0.385 e. The Morgan fingerprint density at radius 1 is 1.46 bits per heavy atom. The molecule has 0 bridgehead atoms. The van der Waals surface area contributed by atoms with Gasteiger partial charge in [-0.1, -0.05) is 28.1 Å². The van der Waals surface area contributed by atoms with Crippen LogP contribution in [0, 0.1) is 0 Å². The normalized spacial score (nSPS) is 18.7. The standard InChI is InChI=1S/C10H10BrFO/c11-9-5-8(10(13)3-4-10)2-1-7(9)6-12/h1-2,5,13H,3-4,6H2. The molecule has 2 rings (SSSR count). The first kappa shape index (κ1) is 9.16. The summed E-state index contributed by atoms with van der Waals surface area (Å²) in [6.45, 7) is -0.473. The first-order chi connectivity index (χ1) is 6.15. The second kappa shape index (κ2) is 3.07. The van der Waals surface area contributed by atoms with Crippen LogP contribution in [0.4, 0.5) is 4.39 Å². The smallest absolute Gasteiger partial charge is 0.116 e. The molecule has 70 valence electrons. The molecule has 1 aromatic rings. The molecule has 0 heterocycles. The van der Waals surface area contributed by atoms with E-state index in [2.05, 4.69) is 15.9 Å². The summed E-state index contributed by atoms with van der Waals surface area (Å²) in [6.07, 6.45) is 1.63. The van der Waals surface area contributed by atoms with Crippen molar-refractivity contribution in [3.63, 3.8) is 0 Å². The molecule has 1 aromatic carbocycles. The summed E-state index contributed by atoms with van der Waals surface area (Å²) < 4.78 is 13.1. The predicted molar refractivity (Wildman–Crippen MR) is 52.1 cm³/mol. The highest BCUT2D eigenvalue weighted by molar-refractivity contribution is 9.10. The quantitative estimate of drug-likeness (QED) is 0.849. The Labute approximate surface area is 84.7 Å². The van der Waals surface area contributed by atoms with Crippen LogP contribution in [0.2, 0.25) is 0 Å². The van der Waals surface area contributed by atoms with Gasteiger partial charge >= 0.3 is 0 Å². The van der Waals surface area contributed by atoms with E-state index in [1.54, 1.807) is 12.1 Å². The van der Waals surface area contributed by atoms with Crippen LogP contribution in [0.15, 0.2) is 22.7 Å². The van der Waals surface area contributed by atoms with Gasteiger partial charge in [-0.05, 0) is 30.0 Å². The lowest BCUT2D eigenvalue weighted by Gasteiger charge is -2.09. The SMILES string of the molecule is OC1(c2ccc(CF)c(Br)c2)CC1. The highest BCUT2D eigenvalue weighted by atomic mass is 79.9. The lowest BCUT2D eigenvalue weighted by atomic mass is 10.1. The maximum Gasteiger partial charge on any atom is 0.116 e. The van der Waals surface area contributed by atoms with Gasteiger partial charge in [0.1, 0.15) is 6.67 Å². The van der Waals surface area contributed by atoms with Crippen LogP contribution in [-0.2, 0) is 12.3 Å². The summed E-state index contributed by atoms with van der Waals surface area (Å²) in [7, 11) is 0. The minimum Gasteiger partial charge on any atom is -0.385 e. The van der Waals surface area contributed by atoms with Gasteiger partial charge in [-0.15, -0.1) is 0 Å².